The van der Waals surface area contributed by atoms with Crippen LogP contribution in [0.25, 0.3) is 16.9 Å². The third-order valence-corrected chi connectivity index (χ3v) is 2.88. The van der Waals surface area contributed by atoms with Gasteiger partial charge in [0.05, 0.1) is 13.3 Å². The van der Waals surface area contributed by atoms with E-state index in [1.807, 2.05) is 65.3 Å². The van der Waals surface area contributed by atoms with Crippen LogP contribution in [0.1, 0.15) is 0 Å². The van der Waals surface area contributed by atoms with Gasteiger partial charge in [0.1, 0.15) is 11.9 Å². The zero-order valence-electron chi connectivity index (χ0n) is 12.1. The zero-order chi connectivity index (χ0) is 16.9. The summed E-state index contributed by atoms with van der Waals surface area (Å²) in [5.41, 5.74) is 2.98. The number of methoxy groups -OCH3 is 1. The van der Waals surface area contributed by atoms with E-state index in [9.17, 15) is 0 Å². The molecular weight excluding hydrogens is 324 g/mol. The molecule has 23 heavy (non-hydrogen) atoms. The molecule has 0 saturated carbocycles. The number of benzene rings is 1. The number of hydrogen-bond donors (Lipinski definition) is 0. The molecule has 7 nitrogen and oxygen atoms in total. The van der Waals surface area contributed by atoms with E-state index in [4.69, 9.17) is 23.4 Å². The Hall–Kier alpha value is -2.29. The fraction of sp³-hybridized carbons (Fsp3) is 0.0667. The van der Waals surface area contributed by atoms with Crippen molar-refractivity contribution in [3.05, 3.63) is 60.9 Å². The summed E-state index contributed by atoms with van der Waals surface area (Å²) in [4.78, 5) is 4.62. The van der Waals surface area contributed by atoms with E-state index in [1.165, 1.54) is 0 Å². The van der Waals surface area contributed by atoms with Gasteiger partial charge in [-0.15, -0.1) is 10.2 Å². The van der Waals surface area contributed by atoms with Gasteiger partial charge in [-0.3, -0.25) is 0 Å². The lowest BCUT2D eigenvalue weighted by atomic mass is 10.1. The summed E-state index contributed by atoms with van der Waals surface area (Å²) in [6.07, 6.45) is 4.00. The summed E-state index contributed by atoms with van der Waals surface area (Å²) in [5.74, 6) is 0.855. The first-order valence-corrected chi connectivity index (χ1v) is 7.63. The highest BCUT2D eigenvalue weighted by Crippen LogP contribution is 2.20. The number of halogens is 1. The summed E-state index contributed by atoms with van der Waals surface area (Å²) in [5, 5.41) is 0. The van der Waals surface area contributed by atoms with Gasteiger partial charge in [-0.1, -0.05) is 6.07 Å². The van der Waals surface area contributed by atoms with Crippen LogP contribution < -0.4 is 27.8 Å². The zero-order valence-corrected chi connectivity index (χ0v) is 12.8. The van der Waals surface area contributed by atoms with Crippen LogP contribution in [0.5, 0.6) is 5.75 Å². The van der Waals surface area contributed by atoms with Crippen LogP contribution >= 0.6 is 0 Å². The molecule has 0 fully saturated rings. The van der Waals surface area contributed by atoms with Crippen molar-refractivity contribution in [1.82, 2.24) is 4.98 Å². The topological polar surface area (TPSA) is 118 Å². The molecule has 0 spiro atoms. The van der Waals surface area contributed by atoms with Crippen molar-refractivity contribution >= 4 is 5.65 Å². The van der Waals surface area contributed by atoms with Crippen molar-refractivity contribution in [3.8, 4) is 17.0 Å². The maximum atomic E-state index is 8.49. The van der Waals surface area contributed by atoms with Crippen molar-refractivity contribution in [2.24, 2.45) is 0 Å². The van der Waals surface area contributed by atoms with E-state index in [2.05, 4.69) is 4.98 Å². The first-order valence-electron chi connectivity index (χ1n) is 6.40. The third-order valence-electron chi connectivity index (χ3n) is 2.88. The lowest BCUT2D eigenvalue weighted by Crippen LogP contribution is -2.68. The van der Waals surface area contributed by atoms with Gasteiger partial charge in [0.2, 0.25) is 0 Å². The van der Waals surface area contributed by atoms with Gasteiger partial charge >= 0.3 is 5.65 Å². The van der Waals surface area contributed by atoms with Gasteiger partial charge in [-0.25, -0.2) is 23.0 Å². The molecule has 0 bridgehead atoms. The molecule has 3 rings (SSSR count). The molecule has 0 saturated heterocycles. The average molecular weight is 337 g/mol. The Morgan fingerprint density at radius 3 is 2.17 bits per heavy atom. The van der Waals surface area contributed by atoms with Crippen LogP contribution in [-0.4, -0.2) is 12.1 Å². The molecule has 0 N–H and O–H groups in total. The minimum atomic E-state index is -4.94. The lowest BCUT2D eigenvalue weighted by Gasteiger charge is -2.17. The molecule has 0 aliphatic heterocycles. The lowest BCUT2D eigenvalue weighted by molar-refractivity contribution is -2.00. The van der Waals surface area contributed by atoms with Gasteiger partial charge in [-0.2, -0.15) is 0 Å². The second kappa shape index (κ2) is 7.32. The summed E-state index contributed by atoms with van der Waals surface area (Å²) in [7, 11) is -3.28. The maximum Gasteiger partial charge on any atom is 0.328 e. The standard InChI is InChI=1S/C15H13N2O.ClHO4/c1-18-13-7-5-12(6-8-13)14-9-11-17-10-3-2-4-15(17)16-14;2-1(3,4)5/h2-11H,1H3;(H,2,3,4,5)/q+1;/p-1. The number of rotatable bonds is 2. The first-order chi connectivity index (χ1) is 10.9. The fourth-order valence-corrected chi connectivity index (χ4v) is 1.90. The third kappa shape index (κ3) is 5.44. The van der Waals surface area contributed by atoms with Crippen LogP contribution in [0.2, 0.25) is 0 Å². The maximum absolute atomic E-state index is 8.49. The van der Waals surface area contributed by atoms with Gasteiger partial charge in [0.25, 0.3) is 0 Å². The van der Waals surface area contributed by atoms with E-state index in [0.717, 1.165) is 22.7 Å². The quantitative estimate of drug-likeness (QED) is 0.487. The Bertz CT molecular complexity index is 769. The van der Waals surface area contributed by atoms with Gasteiger partial charge in [0, 0.05) is 17.7 Å². The Labute approximate surface area is 134 Å². The Kier molecular flexibility index (Phi) is 5.43. The molecule has 1 aromatic carbocycles. The van der Waals surface area contributed by atoms with Crippen molar-refractivity contribution in [2.45, 2.75) is 0 Å². The van der Waals surface area contributed by atoms with Crippen LogP contribution in [0.15, 0.2) is 60.9 Å². The SMILES string of the molecule is COc1ccc(-c2cc[n+]3ccccc3n2)cc1.[O-][Cl+3]([O-])([O-])[O-]. The van der Waals surface area contributed by atoms with Crippen molar-refractivity contribution in [3.63, 3.8) is 0 Å². The monoisotopic (exact) mass is 336 g/mol. The summed E-state index contributed by atoms with van der Waals surface area (Å²) in [6, 6.07) is 15.9. The second-order valence-electron chi connectivity index (χ2n) is 4.39. The number of nitrogens with zero attached hydrogens (tertiary/aromatic N) is 2. The molecule has 8 heteroatoms. The molecule has 0 aliphatic carbocycles. The molecular formula is C15H13ClN2O5. The molecule has 2 aromatic heterocycles. The highest BCUT2D eigenvalue weighted by molar-refractivity contribution is 5.61. The highest BCUT2D eigenvalue weighted by atomic mass is 35.7. The molecule has 0 unspecified atom stereocenters. The average Bonchev–Trinajstić information content (AvgIpc) is 2.53. The van der Waals surface area contributed by atoms with Gasteiger partial charge < -0.3 is 4.74 Å². The molecule has 0 radical (unpaired) electrons. The second-order valence-corrected chi connectivity index (χ2v) is 5.14. The van der Waals surface area contributed by atoms with E-state index in [0.29, 0.717) is 0 Å². The van der Waals surface area contributed by atoms with E-state index >= 15 is 0 Å². The van der Waals surface area contributed by atoms with Crippen LogP contribution in [0.4, 0.5) is 0 Å². The number of ether oxygens (including phenoxy) is 1. The van der Waals surface area contributed by atoms with E-state index in [1.54, 1.807) is 7.11 Å². The van der Waals surface area contributed by atoms with E-state index < -0.39 is 10.2 Å². The number of aromatic nitrogens is 2. The Morgan fingerprint density at radius 1 is 0.913 bits per heavy atom. The number of hydrogen-bond acceptors (Lipinski definition) is 6. The molecule has 0 aliphatic rings. The molecule has 2 heterocycles. The van der Waals surface area contributed by atoms with Gasteiger partial charge in [0.15, 0.2) is 5.69 Å². The van der Waals surface area contributed by atoms with E-state index in [-0.39, 0.29) is 0 Å². The highest BCUT2D eigenvalue weighted by Gasteiger charge is 2.08. The molecule has 0 amide bonds. The largest absolute Gasteiger partial charge is 0.497 e. The molecule has 0 atom stereocenters. The minimum absolute atomic E-state index is 0.855. The Balaban J connectivity index is 0.000000338. The number of fused-ring (bicyclic) bond motifs is 1. The number of pyridine rings is 1. The van der Waals surface area contributed by atoms with Crippen molar-refractivity contribution in [1.29, 1.82) is 0 Å². The van der Waals surface area contributed by atoms with Crippen molar-refractivity contribution < 1.29 is 38.0 Å². The van der Waals surface area contributed by atoms with Crippen LogP contribution in [0, 0.1) is 10.2 Å². The van der Waals surface area contributed by atoms with Crippen molar-refractivity contribution in [2.75, 3.05) is 7.11 Å². The summed E-state index contributed by atoms with van der Waals surface area (Å²) >= 11 is 0. The predicted octanol–water partition coefficient (Wildman–Crippen LogP) is -2.26. The van der Waals surface area contributed by atoms with Crippen LogP contribution in [0.3, 0.4) is 0 Å². The first kappa shape index (κ1) is 17.1. The molecule has 120 valence electrons. The normalized spacial score (nSPS) is 10.8. The van der Waals surface area contributed by atoms with Crippen LogP contribution in [-0.2, 0) is 0 Å². The predicted molar refractivity (Wildman–Crippen MR) is 69.4 cm³/mol. The minimum Gasteiger partial charge on any atom is -0.497 e. The summed E-state index contributed by atoms with van der Waals surface area (Å²) < 4.78 is 41.1. The Morgan fingerprint density at radius 2 is 1.57 bits per heavy atom. The van der Waals surface area contributed by atoms with Gasteiger partial charge in [-0.05, 0) is 35.3 Å². The fourth-order valence-electron chi connectivity index (χ4n) is 1.90. The smallest absolute Gasteiger partial charge is 0.328 e. The molecule has 3 aromatic rings. The summed E-state index contributed by atoms with van der Waals surface area (Å²) in [6.45, 7) is 0.